The van der Waals surface area contributed by atoms with Gasteiger partial charge in [0.2, 0.25) is 11.8 Å². The van der Waals surface area contributed by atoms with E-state index in [1.165, 1.54) is 41.5 Å². The summed E-state index contributed by atoms with van der Waals surface area (Å²) in [6, 6.07) is 9.97. The number of allylic oxidation sites excluding steroid dienone is 1. The molecule has 0 aliphatic carbocycles. The number of rotatable bonds is 4. The highest BCUT2D eigenvalue weighted by Gasteiger charge is 2.42. The van der Waals surface area contributed by atoms with Crippen molar-refractivity contribution in [3.63, 3.8) is 0 Å². The summed E-state index contributed by atoms with van der Waals surface area (Å²) < 4.78 is 71.7. The molecule has 1 unspecified atom stereocenters. The van der Waals surface area contributed by atoms with E-state index in [0.717, 1.165) is 5.56 Å². The Kier molecular flexibility index (Phi) is 10.4. The van der Waals surface area contributed by atoms with Crippen molar-refractivity contribution in [3.05, 3.63) is 65.6 Å². The fourth-order valence-electron chi connectivity index (χ4n) is 4.23. The monoisotopic (exact) mass is 646 g/mol. The number of carbonyl (C=O) groups is 2. The Bertz CT molecular complexity index is 1520. The maximum absolute atomic E-state index is 14.4. The first-order valence-electron chi connectivity index (χ1n) is 14.7. The molecule has 11 nitrogen and oxygen atoms in total. The van der Waals surface area contributed by atoms with E-state index in [1.54, 1.807) is 6.08 Å². The highest BCUT2D eigenvalue weighted by Crippen LogP contribution is 2.42. The molecule has 0 fully saturated rings. The van der Waals surface area contributed by atoms with Gasteiger partial charge in [0.15, 0.2) is 5.69 Å². The van der Waals surface area contributed by atoms with Crippen LogP contribution >= 0.6 is 0 Å². The minimum atomic E-state index is -5.00. The van der Waals surface area contributed by atoms with Crippen LogP contribution in [0, 0.1) is 0 Å². The van der Waals surface area contributed by atoms with Crippen molar-refractivity contribution in [1.82, 2.24) is 15.2 Å². The van der Waals surface area contributed by atoms with Gasteiger partial charge in [-0.3, -0.25) is 0 Å². The average molecular weight is 647 g/mol. The maximum Gasteiger partial charge on any atom is 0.424 e. The highest BCUT2D eigenvalue weighted by molar-refractivity contribution is 6.11. The number of hydrogen-bond acceptors (Lipinski definition) is 10. The molecule has 2 amide bonds. The van der Waals surface area contributed by atoms with Crippen LogP contribution in [0.1, 0.15) is 83.9 Å². The molecule has 3 aromatic rings. The van der Waals surface area contributed by atoms with E-state index >= 15 is 0 Å². The van der Waals surface area contributed by atoms with Crippen molar-refractivity contribution in [3.8, 4) is 17.5 Å². The van der Waals surface area contributed by atoms with Crippen LogP contribution in [-0.4, -0.2) is 45.2 Å². The van der Waals surface area contributed by atoms with Gasteiger partial charge in [-0.2, -0.15) is 18.1 Å². The third-order valence-electron chi connectivity index (χ3n) is 6.16. The van der Waals surface area contributed by atoms with Crippen molar-refractivity contribution >= 4 is 17.9 Å². The molecule has 1 atom stereocenters. The number of alkyl halides is 3. The molecule has 0 N–H and O–H groups in total. The van der Waals surface area contributed by atoms with Gasteiger partial charge in [0.25, 0.3) is 5.89 Å². The van der Waals surface area contributed by atoms with E-state index in [9.17, 15) is 22.8 Å². The number of ether oxygens (including phenoxy) is 4. The van der Waals surface area contributed by atoms with Gasteiger partial charge in [0.05, 0.1) is 18.9 Å². The van der Waals surface area contributed by atoms with Crippen LogP contribution in [-0.2, 0) is 27.0 Å². The normalized spacial score (nSPS) is 16.5. The van der Waals surface area contributed by atoms with Crippen molar-refractivity contribution in [2.45, 2.75) is 90.9 Å². The van der Waals surface area contributed by atoms with Crippen molar-refractivity contribution < 1.29 is 46.1 Å². The summed E-state index contributed by atoms with van der Waals surface area (Å²) in [6.07, 6.45) is -3.43. The minimum absolute atomic E-state index is 0.0209. The summed E-state index contributed by atoms with van der Waals surface area (Å²) in [4.78, 5) is 31.4. The van der Waals surface area contributed by atoms with E-state index in [1.807, 2.05) is 36.4 Å². The number of amides is 2. The molecule has 2 aromatic heterocycles. The van der Waals surface area contributed by atoms with Crippen molar-refractivity contribution in [1.29, 1.82) is 0 Å². The second-order valence-corrected chi connectivity index (χ2v) is 12.4. The summed E-state index contributed by atoms with van der Waals surface area (Å²) >= 11 is 0. The maximum atomic E-state index is 14.4. The molecule has 0 saturated heterocycles. The number of anilines is 1. The number of halogens is 3. The number of carbonyl (C=O) groups excluding carboxylic acids is 2. The minimum Gasteiger partial charge on any atom is -0.477 e. The molecule has 1 aliphatic rings. The van der Waals surface area contributed by atoms with E-state index in [0.29, 0.717) is 23.8 Å². The van der Waals surface area contributed by atoms with E-state index in [4.69, 9.17) is 23.4 Å². The summed E-state index contributed by atoms with van der Waals surface area (Å²) in [7, 11) is 0. The molecule has 0 radical (unpaired) electrons. The van der Waals surface area contributed by atoms with Crippen LogP contribution in [0.4, 0.5) is 28.4 Å². The molecule has 46 heavy (non-hydrogen) atoms. The van der Waals surface area contributed by atoms with Crippen molar-refractivity contribution in [2.24, 2.45) is 0 Å². The van der Waals surface area contributed by atoms with Gasteiger partial charge in [-0.05, 0) is 72.4 Å². The summed E-state index contributed by atoms with van der Waals surface area (Å²) in [5.41, 5.74) is -3.81. The standard InChI is InChI=1S/C32H37F3N4O7/c1-30(2,3)45-28(40)39(29(41)46-31(4,5)6)22-18-21(32(33,34)35)25-36-24(22)27-38-37-26(44-27)23(16-12-7-8-13-17-42-25)43-19-20-14-10-9-11-15-20/h7-11,14-15,18,23H,12-13,16-17,19H2,1-6H3/b8-7-. The first-order chi connectivity index (χ1) is 21.5. The van der Waals surface area contributed by atoms with Crippen LogP contribution in [0.25, 0.3) is 11.6 Å². The molecular weight excluding hydrogens is 609 g/mol. The molecule has 0 spiro atoms. The largest absolute Gasteiger partial charge is 0.477 e. The number of pyridine rings is 1. The molecule has 248 valence electrons. The zero-order valence-corrected chi connectivity index (χ0v) is 26.5. The van der Waals surface area contributed by atoms with Gasteiger partial charge in [-0.25, -0.2) is 14.6 Å². The van der Waals surface area contributed by atoms with Crippen LogP contribution < -0.4 is 9.64 Å². The van der Waals surface area contributed by atoms with Gasteiger partial charge < -0.3 is 23.4 Å². The Labute approximate surface area is 264 Å². The van der Waals surface area contributed by atoms with Gasteiger partial charge in [-0.1, -0.05) is 42.5 Å². The lowest BCUT2D eigenvalue weighted by atomic mass is 10.1. The number of nitrogens with zero attached hydrogens (tertiary/aromatic N) is 4. The Morgan fingerprint density at radius 1 is 0.935 bits per heavy atom. The summed E-state index contributed by atoms with van der Waals surface area (Å²) in [5, 5.41) is 8.16. The number of imide groups is 1. The lowest BCUT2D eigenvalue weighted by Gasteiger charge is -2.29. The number of benzene rings is 1. The zero-order valence-electron chi connectivity index (χ0n) is 26.5. The third-order valence-corrected chi connectivity index (χ3v) is 6.16. The third kappa shape index (κ3) is 9.28. The molecule has 3 heterocycles. The smallest absolute Gasteiger partial charge is 0.424 e. The summed E-state index contributed by atoms with van der Waals surface area (Å²) in [5.74, 6) is -1.17. The predicted molar refractivity (Wildman–Crippen MR) is 160 cm³/mol. The Hall–Kier alpha value is -4.46. The Morgan fingerprint density at radius 3 is 2.17 bits per heavy atom. The first kappa shape index (κ1) is 34.4. The molecular formula is C32H37F3N4O7. The topological polar surface area (TPSA) is 126 Å². The number of aromatic nitrogens is 3. The van der Waals surface area contributed by atoms with Crippen LogP contribution in [0.5, 0.6) is 5.88 Å². The molecule has 4 rings (SSSR count). The highest BCUT2D eigenvalue weighted by atomic mass is 19.4. The van der Waals surface area contributed by atoms with Crippen molar-refractivity contribution in [2.75, 3.05) is 11.5 Å². The second kappa shape index (κ2) is 13.9. The zero-order chi connectivity index (χ0) is 33.7. The predicted octanol–water partition coefficient (Wildman–Crippen LogP) is 8.20. The second-order valence-electron chi connectivity index (χ2n) is 12.4. The quantitative estimate of drug-likeness (QED) is 0.256. The molecule has 14 heteroatoms. The average Bonchev–Trinajstić information content (AvgIpc) is 3.42. The van der Waals surface area contributed by atoms with E-state index in [2.05, 4.69) is 15.2 Å². The van der Waals surface area contributed by atoms with Crippen LogP contribution in [0.2, 0.25) is 0 Å². The number of fused-ring (bicyclic) bond motifs is 5. The number of hydrogen-bond donors (Lipinski definition) is 0. The first-order valence-corrected chi connectivity index (χ1v) is 14.7. The van der Waals surface area contributed by atoms with E-state index < -0.39 is 58.5 Å². The van der Waals surface area contributed by atoms with Gasteiger partial charge in [0.1, 0.15) is 22.9 Å². The van der Waals surface area contributed by atoms with Gasteiger partial charge in [0, 0.05) is 0 Å². The lowest BCUT2D eigenvalue weighted by molar-refractivity contribution is -0.139. The van der Waals surface area contributed by atoms with E-state index in [-0.39, 0.29) is 31.4 Å². The van der Waals surface area contributed by atoms with Gasteiger partial charge in [-0.15, -0.1) is 10.2 Å². The molecule has 1 aromatic carbocycles. The Morgan fingerprint density at radius 2 is 1.57 bits per heavy atom. The van der Waals surface area contributed by atoms with Gasteiger partial charge >= 0.3 is 18.4 Å². The SMILES string of the molecule is CC(C)(C)OC(=O)N(C(=O)OC(C)(C)C)c1cc(C(F)(F)F)c2nc1-c1nnc(o1)C(OCc1ccccc1)CC/C=C\CCO2. The van der Waals surface area contributed by atoms with Crippen LogP contribution in [0.15, 0.2) is 53.0 Å². The summed E-state index contributed by atoms with van der Waals surface area (Å²) in [6.45, 7) is 9.29. The fraction of sp³-hybridized carbons (Fsp3) is 0.469. The molecule has 4 bridgehead atoms. The molecule has 1 aliphatic heterocycles. The fourth-order valence-corrected chi connectivity index (χ4v) is 4.23. The lowest BCUT2D eigenvalue weighted by Crippen LogP contribution is -2.44. The van der Waals surface area contributed by atoms with Crippen LogP contribution in [0.3, 0.4) is 0 Å². The molecule has 0 saturated carbocycles. The Balaban J connectivity index is 1.90.